The Hall–Kier alpha value is -1.00. The van der Waals surface area contributed by atoms with Crippen LogP contribution < -0.4 is 10.6 Å². The van der Waals surface area contributed by atoms with Gasteiger partial charge >= 0.3 is 0 Å². The molecule has 2 rings (SSSR count). The first-order valence-electron chi connectivity index (χ1n) is 5.80. The van der Waals surface area contributed by atoms with Crippen LogP contribution in [0.3, 0.4) is 0 Å². The number of aryl methyl sites for hydroxylation is 1. The molecule has 2 N–H and O–H groups in total. The van der Waals surface area contributed by atoms with Crippen molar-refractivity contribution in [1.82, 2.24) is 10.6 Å². The van der Waals surface area contributed by atoms with Crippen LogP contribution in [0.4, 0.5) is 0 Å². The van der Waals surface area contributed by atoms with E-state index in [4.69, 9.17) is 4.42 Å². The minimum atomic E-state index is -0.103. The lowest BCUT2D eigenvalue weighted by molar-refractivity contribution is 0.0923. The summed E-state index contributed by atoms with van der Waals surface area (Å²) in [7, 11) is 0. The molecule has 96 valence electrons. The van der Waals surface area contributed by atoms with Crippen molar-refractivity contribution in [1.29, 1.82) is 0 Å². The van der Waals surface area contributed by atoms with Gasteiger partial charge in [0.15, 0.2) is 5.76 Å². The van der Waals surface area contributed by atoms with Gasteiger partial charge in [-0.3, -0.25) is 4.79 Å². The number of rotatable bonds is 4. The van der Waals surface area contributed by atoms with Crippen molar-refractivity contribution in [2.75, 3.05) is 19.6 Å². The Kier molecular flexibility index (Phi) is 5.51. The lowest BCUT2D eigenvalue weighted by Gasteiger charge is -2.08. The number of carbonyl (C=O) groups is 1. The highest BCUT2D eigenvalue weighted by molar-refractivity contribution is 5.92. The summed E-state index contributed by atoms with van der Waals surface area (Å²) in [6.45, 7) is 4.79. The predicted molar refractivity (Wildman–Crippen MR) is 68.6 cm³/mol. The largest absolute Gasteiger partial charge is 0.459 e. The van der Waals surface area contributed by atoms with Gasteiger partial charge in [-0.2, -0.15) is 0 Å². The van der Waals surface area contributed by atoms with Crippen LogP contribution >= 0.6 is 12.4 Å². The monoisotopic (exact) mass is 258 g/mol. The van der Waals surface area contributed by atoms with E-state index in [1.54, 1.807) is 12.3 Å². The molecule has 0 saturated carbocycles. The average molecular weight is 259 g/mol. The summed E-state index contributed by atoms with van der Waals surface area (Å²) in [6, 6.07) is 1.80. The summed E-state index contributed by atoms with van der Waals surface area (Å²) in [4.78, 5) is 11.7. The molecule has 1 aromatic rings. The molecule has 2 heterocycles. The normalized spacial score (nSPS) is 18.8. The molecule has 0 bridgehead atoms. The molecule has 1 aliphatic heterocycles. The molecule has 1 saturated heterocycles. The van der Waals surface area contributed by atoms with E-state index >= 15 is 0 Å². The lowest BCUT2D eigenvalue weighted by Crippen LogP contribution is -2.26. The Morgan fingerprint density at radius 3 is 3.06 bits per heavy atom. The number of amides is 1. The third-order valence-corrected chi connectivity index (χ3v) is 3.07. The number of nitrogens with one attached hydrogen (secondary N) is 2. The van der Waals surface area contributed by atoms with Crippen molar-refractivity contribution in [3.63, 3.8) is 0 Å². The highest BCUT2D eigenvalue weighted by atomic mass is 35.5. The van der Waals surface area contributed by atoms with Gasteiger partial charge in [0.2, 0.25) is 0 Å². The average Bonchev–Trinajstić information content (AvgIpc) is 2.88. The van der Waals surface area contributed by atoms with E-state index < -0.39 is 0 Å². The molecule has 0 radical (unpaired) electrons. The van der Waals surface area contributed by atoms with Gasteiger partial charge in [-0.15, -0.1) is 12.4 Å². The van der Waals surface area contributed by atoms with Gasteiger partial charge in [0, 0.05) is 12.1 Å². The third kappa shape index (κ3) is 3.75. The molecule has 1 amide bonds. The molecule has 0 spiro atoms. The Labute approximate surface area is 108 Å². The number of halogens is 1. The van der Waals surface area contributed by atoms with Gasteiger partial charge in [-0.25, -0.2) is 0 Å². The van der Waals surface area contributed by atoms with Crippen LogP contribution in [0.25, 0.3) is 0 Å². The van der Waals surface area contributed by atoms with Crippen LogP contribution in [0.15, 0.2) is 16.7 Å². The second-order valence-electron chi connectivity index (χ2n) is 4.34. The van der Waals surface area contributed by atoms with Crippen molar-refractivity contribution >= 4 is 18.3 Å². The quantitative estimate of drug-likeness (QED) is 0.865. The third-order valence-electron chi connectivity index (χ3n) is 3.07. The second-order valence-corrected chi connectivity index (χ2v) is 4.34. The van der Waals surface area contributed by atoms with E-state index in [0.29, 0.717) is 11.7 Å². The van der Waals surface area contributed by atoms with Crippen molar-refractivity contribution in [3.05, 3.63) is 23.7 Å². The first kappa shape index (κ1) is 14.1. The van der Waals surface area contributed by atoms with E-state index in [0.717, 1.165) is 31.6 Å². The van der Waals surface area contributed by atoms with E-state index in [2.05, 4.69) is 10.6 Å². The molecule has 0 aromatic carbocycles. The van der Waals surface area contributed by atoms with Crippen LogP contribution in [0.5, 0.6) is 0 Å². The summed E-state index contributed by atoms with van der Waals surface area (Å²) in [6.07, 6.45) is 3.80. The summed E-state index contributed by atoms with van der Waals surface area (Å²) >= 11 is 0. The summed E-state index contributed by atoms with van der Waals surface area (Å²) in [5.41, 5.74) is 0.889. The van der Waals surface area contributed by atoms with Gasteiger partial charge < -0.3 is 15.1 Å². The second kappa shape index (κ2) is 6.67. The topological polar surface area (TPSA) is 54.3 Å². The fourth-order valence-electron chi connectivity index (χ4n) is 2.04. The predicted octanol–water partition coefficient (Wildman–Crippen LogP) is 1.74. The Balaban J connectivity index is 0.00000144. The maximum atomic E-state index is 11.7. The maximum absolute atomic E-state index is 11.7. The summed E-state index contributed by atoms with van der Waals surface area (Å²) < 4.78 is 5.12. The molecular weight excluding hydrogens is 240 g/mol. The van der Waals surface area contributed by atoms with E-state index in [9.17, 15) is 4.79 Å². The van der Waals surface area contributed by atoms with Gasteiger partial charge in [0.25, 0.3) is 5.91 Å². The molecule has 5 heteroatoms. The van der Waals surface area contributed by atoms with Crippen molar-refractivity contribution in [3.8, 4) is 0 Å². The molecular formula is C12H19ClN2O2. The summed E-state index contributed by atoms with van der Waals surface area (Å²) in [5.74, 6) is 1.04. The lowest BCUT2D eigenvalue weighted by atomic mass is 10.1. The van der Waals surface area contributed by atoms with Gasteiger partial charge in [0.1, 0.15) is 0 Å². The molecule has 1 aliphatic rings. The van der Waals surface area contributed by atoms with Crippen LogP contribution in [-0.4, -0.2) is 25.5 Å². The molecule has 17 heavy (non-hydrogen) atoms. The molecule has 1 aromatic heterocycles. The molecule has 1 fully saturated rings. The Morgan fingerprint density at radius 2 is 2.47 bits per heavy atom. The SMILES string of the molecule is Cc1ccoc1C(=O)NCCC1CCNC1.Cl. The van der Waals surface area contributed by atoms with E-state index in [1.165, 1.54) is 6.42 Å². The van der Waals surface area contributed by atoms with E-state index in [1.807, 2.05) is 6.92 Å². The maximum Gasteiger partial charge on any atom is 0.287 e. The fraction of sp³-hybridized carbons (Fsp3) is 0.583. The Bertz CT molecular complexity index is 359. The van der Waals surface area contributed by atoms with Crippen molar-refractivity contribution in [2.45, 2.75) is 19.8 Å². The zero-order valence-corrected chi connectivity index (χ0v) is 10.8. The first-order chi connectivity index (χ1) is 7.77. The first-order valence-corrected chi connectivity index (χ1v) is 5.80. The number of hydrogen-bond acceptors (Lipinski definition) is 3. The highest BCUT2D eigenvalue weighted by Gasteiger charge is 2.16. The zero-order chi connectivity index (χ0) is 11.4. The Morgan fingerprint density at radius 1 is 1.65 bits per heavy atom. The van der Waals surface area contributed by atoms with Gasteiger partial charge in [-0.05, 0) is 44.8 Å². The van der Waals surface area contributed by atoms with Crippen LogP contribution in [-0.2, 0) is 0 Å². The highest BCUT2D eigenvalue weighted by Crippen LogP contribution is 2.12. The van der Waals surface area contributed by atoms with Crippen LogP contribution in [0.1, 0.15) is 29.0 Å². The number of hydrogen-bond donors (Lipinski definition) is 2. The molecule has 0 aliphatic carbocycles. The molecule has 1 unspecified atom stereocenters. The molecule has 1 atom stereocenters. The molecule has 4 nitrogen and oxygen atoms in total. The minimum absolute atomic E-state index is 0. The van der Waals surface area contributed by atoms with Crippen molar-refractivity contribution in [2.24, 2.45) is 5.92 Å². The summed E-state index contributed by atoms with van der Waals surface area (Å²) in [5, 5.41) is 6.21. The smallest absolute Gasteiger partial charge is 0.287 e. The number of carbonyl (C=O) groups excluding carboxylic acids is 1. The van der Waals surface area contributed by atoms with Crippen molar-refractivity contribution < 1.29 is 9.21 Å². The van der Waals surface area contributed by atoms with Gasteiger partial charge in [0.05, 0.1) is 6.26 Å². The number of furan rings is 1. The standard InChI is InChI=1S/C12H18N2O2.ClH/c1-9-4-7-16-11(9)12(15)14-6-3-10-2-5-13-8-10;/h4,7,10,13H,2-3,5-6,8H2,1H3,(H,14,15);1H. The van der Waals surface area contributed by atoms with Crippen LogP contribution in [0.2, 0.25) is 0 Å². The fourth-order valence-corrected chi connectivity index (χ4v) is 2.04. The van der Waals surface area contributed by atoms with E-state index in [-0.39, 0.29) is 18.3 Å². The zero-order valence-electron chi connectivity index (χ0n) is 9.99. The van der Waals surface area contributed by atoms with Crippen LogP contribution in [0, 0.1) is 12.8 Å². The van der Waals surface area contributed by atoms with Gasteiger partial charge in [-0.1, -0.05) is 0 Å². The minimum Gasteiger partial charge on any atom is -0.459 e.